The van der Waals surface area contributed by atoms with E-state index in [1.165, 1.54) is 5.56 Å². The normalized spacial score (nSPS) is 10.6. The second-order valence-corrected chi connectivity index (χ2v) is 4.99. The second kappa shape index (κ2) is 9.37. The summed E-state index contributed by atoms with van der Waals surface area (Å²) in [6, 6.07) is 8.05. The maximum Gasteiger partial charge on any atom is 0.220 e. The fraction of sp³-hybridized carbons (Fsp3) is 0.562. The van der Waals surface area contributed by atoms with Gasteiger partial charge in [0, 0.05) is 20.1 Å². The molecular formula is C16H25NO3. The van der Waals surface area contributed by atoms with Crippen LogP contribution in [0, 0.1) is 0 Å². The van der Waals surface area contributed by atoms with Gasteiger partial charge in [-0.05, 0) is 24.0 Å². The number of hydrogen-bond donors (Lipinski definition) is 1. The molecule has 0 radical (unpaired) electrons. The zero-order valence-electron chi connectivity index (χ0n) is 12.6. The van der Waals surface area contributed by atoms with Crippen LogP contribution in [0.25, 0.3) is 0 Å². The Morgan fingerprint density at radius 3 is 2.70 bits per heavy atom. The number of nitrogens with one attached hydrogen (secondary N) is 1. The van der Waals surface area contributed by atoms with E-state index >= 15 is 0 Å². The Labute approximate surface area is 121 Å². The molecule has 1 aromatic carbocycles. The molecule has 0 aliphatic carbocycles. The van der Waals surface area contributed by atoms with E-state index in [0.29, 0.717) is 38.5 Å². The Hall–Kier alpha value is -1.55. The van der Waals surface area contributed by atoms with E-state index < -0.39 is 0 Å². The van der Waals surface area contributed by atoms with E-state index in [1.807, 2.05) is 18.2 Å². The van der Waals surface area contributed by atoms with Crippen molar-refractivity contribution >= 4 is 5.91 Å². The van der Waals surface area contributed by atoms with Crippen molar-refractivity contribution < 1.29 is 14.3 Å². The Morgan fingerprint density at radius 2 is 2.00 bits per heavy atom. The van der Waals surface area contributed by atoms with Gasteiger partial charge in [-0.25, -0.2) is 0 Å². The molecule has 0 fully saturated rings. The topological polar surface area (TPSA) is 47.6 Å². The molecule has 0 spiro atoms. The van der Waals surface area contributed by atoms with E-state index in [1.54, 1.807) is 7.11 Å². The second-order valence-electron chi connectivity index (χ2n) is 4.99. The van der Waals surface area contributed by atoms with Gasteiger partial charge in [0.25, 0.3) is 0 Å². The fourth-order valence-corrected chi connectivity index (χ4v) is 1.88. The molecule has 1 rings (SSSR count). The average Bonchev–Trinajstić information content (AvgIpc) is 2.44. The highest BCUT2D eigenvalue weighted by molar-refractivity contribution is 5.75. The summed E-state index contributed by atoms with van der Waals surface area (Å²) in [4.78, 5) is 11.5. The van der Waals surface area contributed by atoms with Crippen molar-refractivity contribution in [3.63, 3.8) is 0 Å². The monoisotopic (exact) mass is 279 g/mol. The van der Waals surface area contributed by atoms with Gasteiger partial charge in [-0.3, -0.25) is 4.79 Å². The van der Waals surface area contributed by atoms with Crippen LogP contribution in [0.5, 0.6) is 5.75 Å². The van der Waals surface area contributed by atoms with E-state index in [2.05, 4.69) is 25.2 Å². The van der Waals surface area contributed by atoms with Crippen molar-refractivity contribution in [1.29, 1.82) is 0 Å². The Bertz CT molecular complexity index is 404. The summed E-state index contributed by atoms with van der Waals surface area (Å²) >= 11 is 0. The summed E-state index contributed by atoms with van der Waals surface area (Å²) in [7, 11) is 1.62. The zero-order valence-corrected chi connectivity index (χ0v) is 12.6. The maximum atomic E-state index is 11.5. The van der Waals surface area contributed by atoms with Gasteiger partial charge in [0.1, 0.15) is 5.75 Å². The SMILES string of the molecule is COCCNC(=O)CCCOc1ccccc1C(C)C. The van der Waals surface area contributed by atoms with Crippen molar-refractivity contribution in [3.05, 3.63) is 29.8 Å². The van der Waals surface area contributed by atoms with Crippen LogP contribution >= 0.6 is 0 Å². The number of benzene rings is 1. The van der Waals surface area contributed by atoms with E-state index in [-0.39, 0.29) is 5.91 Å². The highest BCUT2D eigenvalue weighted by Crippen LogP contribution is 2.25. The molecule has 1 aromatic rings. The largest absolute Gasteiger partial charge is 0.493 e. The van der Waals surface area contributed by atoms with Crippen LogP contribution in [0.2, 0.25) is 0 Å². The summed E-state index contributed by atoms with van der Waals surface area (Å²) in [5.41, 5.74) is 1.21. The minimum atomic E-state index is 0.0443. The molecule has 20 heavy (non-hydrogen) atoms. The molecule has 0 unspecified atom stereocenters. The van der Waals surface area contributed by atoms with Crippen molar-refractivity contribution in [3.8, 4) is 5.75 Å². The van der Waals surface area contributed by atoms with E-state index in [0.717, 1.165) is 5.75 Å². The molecule has 112 valence electrons. The number of ether oxygens (including phenoxy) is 2. The number of rotatable bonds is 9. The van der Waals surface area contributed by atoms with Crippen molar-refractivity contribution in [1.82, 2.24) is 5.32 Å². The Morgan fingerprint density at radius 1 is 1.25 bits per heavy atom. The molecule has 4 heteroatoms. The van der Waals surface area contributed by atoms with Crippen LogP contribution in [0.15, 0.2) is 24.3 Å². The molecule has 0 aliphatic heterocycles. The van der Waals surface area contributed by atoms with Crippen LogP contribution in [0.1, 0.15) is 38.2 Å². The third-order valence-electron chi connectivity index (χ3n) is 2.98. The lowest BCUT2D eigenvalue weighted by atomic mass is 10.0. The predicted molar refractivity (Wildman–Crippen MR) is 80.1 cm³/mol. The van der Waals surface area contributed by atoms with Crippen LogP contribution in [0.3, 0.4) is 0 Å². The molecular weight excluding hydrogens is 254 g/mol. The van der Waals surface area contributed by atoms with Gasteiger partial charge in [0.05, 0.1) is 13.2 Å². The smallest absolute Gasteiger partial charge is 0.220 e. The number of carbonyl (C=O) groups is 1. The fourth-order valence-electron chi connectivity index (χ4n) is 1.88. The summed E-state index contributed by atoms with van der Waals surface area (Å²) in [6.07, 6.45) is 1.19. The van der Waals surface area contributed by atoms with Crippen LogP contribution in [-0.2, 0) is 9.53 Å². The first-order chi connectivity index (χ1) is 9.65. The molecule has 0 saturated heterocycles. The molecule has 0 bridgehead atoms. The van der Waals surface area contributed by atoms with Crippen LogP contribution < -0.4 is 10.1 Å². The van der Waals surface area contributed by atoms with Gasteiger partial charge in [0.2, 0.25) is 5.91 Å². The first-order valence-corrected chi connectivity index (χ1v) is 7.12. The molecule has 0 atom stereocenters. The predicted octanol–water partition coefficient (Wildman–Crippen LogP) is 2.73. The average molecular weight is 279 g/mol. The van der Waals surface area contributed by atoms with Crippen molar-refractivity contribution in [2.24, 2.45) is 0 Å². The van der Waals surface area contributed by atoms with Gasteiger partial charge in [-0.1, -0.05) is 32.0 Å². The van der Waals surface area contributed by atoms with Gasteiger partial charge in [-0.2, -0.15) is 0 Å². The van der Waals surface area contributed by atoms with Crippen LogP contribution in [-0.4, -0.2) is 32.8 Å². The van der Waals surface area contributed by atoms with E-state index in [4.69, 9.17) is 9.47 Å². The number of hydrogen-bond acceptors (Lipinski definition) is 3. The minimum absolute atomic E-state index is 0.0443. The molecule has 4 nitrogen and oxygen atoms in total. The molecule has 1 amide bonds. The highest BCUT2D eigenvalue weighted by atomic mass is 16.5. The maximum absolute atomic E-state index is 11.5. The van der Waals surface area contributed by atoms with Crippen molar-refractivity contribution in [2.75, 3.05) is 26.9 Å². The molecule has 0 saturated carbocycles. The number of methoxy groups -OCH3 is 1. The summed E-state index contributed by atoms with van der Waals surface area (Å²) in [6.45, 7) is 5.95. The lowest BCUT2D eigenvalue weighted by Crippen LogP contribution is -2.27. The summed E-state index contributed by atoms with van der Waals surface area (Å²) in [5.74, 6) is 1.40. The molecule has 0 aliphatic rings. The Kier molecular flexibility index (Phi) is 7.73. The first-order valence-electron chi connectivity index (χ1n) is 7.12. The molecule has 1 N–H and O–H groups in total. The van der Waals surface area contributed by atoms with Crippen molar-refractivity contribution in [2.45, 2.75) is 32.6 Å². The van der Waals surface area contributed by atoms with Gasteiger partial charge < -0.3 is 14.8 Å². The van der Waals surface area contributed by atoms with Gasteiger partial charge in [0.15, 0.2) is 0 Å². The standard InChI is InChI=1S/C16H25NO3/c1-13(2)14-7-4-5-8-15(14)20-11-6-9-16(18)17-10-12-19-3/h4-5,7-8,13H,6,9-12H2,1-3H3,(H,17,18). The quantitative estimate of drug-likeness (QED) is 0.707. The number of carbonyl (C=O) groups excluding carboxylic acids is 1. The Balaban J connectivity index is 2.26. The summed E-state index contributed by atoms with van der Waals surface area (Å²) in [5, 5.41) is 2.79. The lowest BCUT2D eigenvalue weighted by Gasteiger charge is -2.13. The minimum Gasteiger partial charge on any atom is -0.493 e. The third kappa shape index (κ3) is 6.06. The molecule has 0 heterocycles. The lowest BCUT2D eigenvalue weighted by molar-refractivity contribution is -0.121. The number of para-hydroxylation sites is 1. The van der Waals surface area contributed by atoms with Gasteiger partial charge >= 0.3 is 0 Å². The van der Waals surface area contributed by atoms with Crippen LogP contribution in [0.4, 0.5) is 0 Å². The highest BCUT2D eigenvalue weighted by Gasteiger charge is 2.07. The van der Waals surface area contributed by atoms with E-state index in [9.17, 15) is 4.79 Å². The van der Waals surface area contributed by atoms with Gasteiger partial charge in [-0.15, -0.1) is 0 Å². The number of amides is 1. The first kappa shape index (κ1) is 16.5. The molecule has 0 aromatic heterocycles. The zero-order chi connectivity index (χ0) is 14.8. The third-order valence-corrected chi connectivity index (χ3v) is 2.98. The summed E-state index contributed by atoms with van der Waals surface area (Å²) < 4.78 is 10.6.